The van der Waals surface area contributed by atoms with E-state index in [1.807, 2.05) is 42.0 Å². The van der Waals surface area contributed by atoms with Crippen molar-refractivity contribution in [1.82, 2.24) is 30.3 Å². The van der Waals surface area contributed by atoms with E-state index < -0.39 is 0 Å². The second kappa shape index (κ2) is 7.46. The van der Waals surface area contributed by atoms with Gasteiger partial charge in [-0.25, -0.2) is 14.9 Å². The van der Waals surface area contributed by atoms with Gasteiger partial charge in [0.15, 0.2) is 5.82 Å². The largest absolute Gasteiger partial charge is 0.352 e. The lowest BCUT2D eigenvalue weighted by atomic mass is 9.93. The summed E-state index contributed by atoms with van der Waals surface area (Å²) in [4.78, 5) is 21.5. The zero-order valence-corrected chi connectivity index (χ0v) is 16.5. The molecule has 1 aromatic carbocycles. The third-order valence-corrected chi connectivity index (χ3v) is 5.88. The first-order valence-electron chi connectivity index (χ1n) is 10.1. The summed E-state index contributed by atoms with van der Waals surface area (Å²) >= 11 is 0. The number of amides is 1. The third kappa shape index (κ3) is 3.45. The number of piperazine rings is 1. The molecule has 2 unspecified atom stereocenters. The van der Waals surface area contributed by atoms with E-state index in [2.05, 4.69) is 48.9 Å². The van der Waals surface area contributed by atoms with Crippen molar-refractivity contribution >= 4 is 17.2 Å². The van der Waals surface area contributed by atoms with Crippen molar-refractivity contribution in [2.45, 2.75) is 25.4 Å². The normalized spacial score (nSPS) is 23.3. The first-order chi connectivity index (χ1) is 14.2. The molecule has 2 atom stereocenters. The SMILES string of the molecule is Cc1cc2c(N3CCN(C4CC(=O)NNC4c4ccccc4)CC3)nccn2n1. The standard InChI is InChI=1S/C21H25N7O/c1-15-13-18-21(22-7-8-28(18)25-15)27-11-9-26(10-12-27)17-14-19(29)23-24-20(17)16-5-3-2-4-6-16/h2-8,13,17,20,24H,9-12,14H2,1H3,(H,23,29). The summed E-state index contributed by atoms with van der Waals surface area (Å²) in [5.74, 6) is 1.03. The van der Waals surface area contributed by atoms with Gasteiger partial charge in [0.25, 0.3) is 0 Å². The summed E-state index contributed by atoms with van der Waals surface area (Å²) < 4.78 is 1.89. The fourth-order valence-corrected chi connectivity index (χ4v) is 4.46. The second-order valence-corrected chi connectivity index (χ2v) is 7.74. The molecule has 2 aromatic heterocycles. The number of rotatable bonds is 3. The van der Waals surface area contributed by atoms with Crippen LogP contribution in [-0.2, 0) is 4.79 Å². The minimum Gasteiger partial charge on any atom is -0.352 e. The Bertz CT molecular complexity index is 1010. The van der Waals surface area contributed by atoms with Gasteiger partial charge in [-0.15, -0.1) is 0 Å². The average molecular weight is 391 g/mol. The number of benzene rings is 1. The number of carbonyl (C=O) groups excluding carboxylic acids is 1. The Labute approximate surface area is 169 Å². The summed E-state index contributed by atoms with van der Waals surface area (Å²) in [5, 5.41) is 4.50. The second-order valence-electron chi connectivity index (χ2n) is 7.74. The summed E-state index contributed by atoms with van der Waals surface area (Å²) in [6, 6.07) is 12.6. The highest BCUT2D eigenvalue weighted by Crippen LogP contribution is 2.28. The van der Waals surface area contributed by atoms with E-state index in [4.69, 9.17) is 0 Å². The maximum absolute atomic E-state index is 12.1. The van der Waals surface area contributed by atoms with E-state index in [9.17, 15) is 4.79 Å². The number of aryl methyl sites for hydroxylation is 1. The molecule has 2 fully saturated rings. The first-order valence-corrected chi connectivity index (χ1v) is 10.1. The Hall–Kier alpha value is -2.97. The Morgan fingerprint density at radius 2 is 1.90 bits per heavy atom. The van der Waals surface area contributed by atoms with Crippen molar-refractivity contribution in [3.8, 4) is 0 Å². The monoisotopic (exact) mass is 391 g/mol. The molecule has 0 bridgehead atoms. The van der Waals surface area contributed by atoms with Gasteiger partial charge in [0.05, 0.1) is 11.7 Å². The minimum absolute atomic E-state index is 0.0470. The molecule has 0 radical (unpaired) electrons. The van der Waals surface area contributed by atoms with Gasteiger partial charge in [-0.05, 0) is 18.6 Å². The van der Waals surface area contributed by atoms with Crippen LogP contribution in [0.15, 0.2) is 48.8 Å². The number of nitrogens with one attached hydrogen (secondary N) is 2. The van der Waals surface area contributed by atoms with Crippen LogP contribution in [0.25, 0.3) is 5.52 Å². The number of nitrogens with zero attached hydrogens (tertiary/aromatic N) is 5. The highest BCUT2D eigenvalue weighted by Gasteiger charge is 2.36. The van der Waals surface area contributed by atoms with E-state index in [0.717, 1.165) is 43.2 Å². The number of fused-ring (bicyclic) bond motifs is 1. The maximum atomic E-state index is 12.1. The molecule has 8 nitrogen and oxygen atoms in total. The summed E-state index contributed by atoms with van der Waals surface area (Å²) in [6.07, 6.45) is 4.20. The van der Waals surface area contributed by atoms with Gasteiger partial charge >= 0.3 is 0 Å². The van der Waals surface area contributed by atoms with Gasteiger partial charge in [0.2, 0.25) is 5.91 Å². The van der Waals surface area contributed by atoms with Crippen molar-refractivity contribution in [2.24, 2.45) is 0 Å². The maximum Gasteiger partial charge on any atom is 0.235 e. The highest BCUT2D eigenvalue weighted by atomic mass is 16.2. The number of hydrogen-bond donors (Lipinski definition) is 2. The van der Waals surface area contributed by atoms with Crippen LogP contribution >= 0.6 is 0 Å². The predicted molar refractivity (Wildman–Crippen MR) is 110 cm³/mol. The van der Waals surface area contributed by atoms with Gasteiger partial charge in [0.1, 0.15) is 5.52 Å². The Balaban J connectivity index is 1.34. The van der Waals surface area contributed by atoms with Crippen LogP contribution in [0.3, 0.4) is 0 Å². The lowest BCUT2D eigenvalue weighted by Gasteiger charge is -2.44. The number of hydrogen-bond acceptors (Lipinski definition) is 6. The van der Waals surface area contributed by atoms with Crippen LogP contribution in [0.1, 0.15) is 23.7 Å². The molecular formula is C21H25N7O. The van der Waals surface area contributed by atoms with Gasteiger partial charge in [-0.1, -0.05) is 30.3 Å². The van der Waals surface area contributed by atoms with Gasteiger partial charge < -0.3 is 4.90 Å². The Morgan fingerprint density at radius 1 is 1.10 bits per heavy atom. The van der Waals surface area contributed by atoms with Gasteiger partial charge in [-0.3, -0.25) is 15.1 Å². The molecular weight excluding hydrogens is 366 g/mol. The highest BCUT2D eigenvalue weighted by molar-refractivity contribution is 5.77. The van der Waals surface area contributed by atoms with Crippen molar-refractivity contribution < 1.29 is 4.79 Å². The van der Waals surface area contributed by atoms with Gasteiger partial charge in [-0.2, -0.15) is 5.10 Å². The Morgan fingerprint density at radius 3 is 2.69 bits per heavy atom. The van der Waals surface area contributed by atoms with Crippen molar-refractivity contribution in [2.75, 3.05) is 31.1 Å². The van der Waals surface area contributed by atoms with Crippen LogP contribution in [0.4, 0.5) is 5.82 Å². The van der Waals surface area contributed by atoms with E-state index >= 15 is 0 Å². The lowest BCUT2D eigenvalue weighted by Crippen LogP contribution is -2.60. The average Bonchev–Trinajstić information content (AvgIpc) is 3.15. The molecule has 2 saturated heterocycles. The lowest BCUT2D eigenvalue weighted by molar-refractivity contribution is -0.126. The fourth-order valence-electron chi connectivity index (χ4n) is 4.46. The number of anilines is 1. The van der Waals surface area contributed by atoms with E-state index in [-0.39, 0.29) is 18.0 Å². The summed E-state index contributed by atoms with van der Waals surface area (Å²) in [6.45, 7) is 5.52. The quantitative estimate of drug-likeness (QED) is 0.701. The van der Waals surface area contributed by atoms with Crippen LogP contribution < -0.4 is 15.8 Å². The van der Waals surface area contributed by atoms with Crippen molar-refractivity contribution in [3.05, 3.63) is 60.0 Å². The molecule has 3 aromatic rings. The molecule has 2 N–H and O–H groups in total. The minimum atomic E-state index is 0.0470. The topological polar surface area (TPSA) is 77.8 Å². The van der Waals surface area contributed by atoms with E-state index in [0.29, 0.717) is 6.42 Å². The smallest absolute Gasteiger partial charge is 0.235 e. The molecule has 1 amide bonds. The first kappa shape index (κ1) is 18.1. The van der Waals surface area contributed by atoms with E-state index in [1.165, 1.54) is 5.56 Å². The molecule has 150 valence electrons. The van der Waals surface area contributed by atoms with Crippen LogP contribution in [0.5, 0.6) is 0 Å². The van der Waals surface area contributed by atoms with Crippen LogP contribution in [0.2, 0.25) is 0 Å². The molecule has 0 saturated carbocycles. The molecule has 29 heavy (non-hydrogen) atoms. The number of aromatic nitrogens is 3. The van der Waals surface area contributed by atoms with Crippen LogP contribution in [0, 0.1) is 6.92 Å². The van der Waals surface area contributed by atoms with E-state index in [1.54, 1.807) is 0 Å². The zero-order chi connectivity index (χ0) is 19.8. The molecule has 4 heterocycles. The van der Waals surface area contributed by atoms with Crippen molar-refractivity contribution in [1.29, 1.82) is 0 Å². The number of hydrazine groups is 1. The van der Waals surface area contributed by atoms with Crippen LogP contribution in [-0.4, -0.2) is 57.6 Å². The Kier molecular flexibility index (Phi) is 4.65. The fraction of sp³-hybridized carbons (Fsp3) is 0.381. The van der Waals surface area contributed by atoms with Gasteiger partial charge in [0, 0.05) is 51.0 Å². The zero-order valence-electron chi connectivity index (χ0n) is 16.5. The summed E-state index contributed by atoms with van der Waals surface area (Å²) in [7, 11) is 0. The molecule has 2 aliphatic rings. The summed E-state index contributed by atoms with van der Waals surface area (Å²) in [5.41, 5.74) is 9.26. The molecule has 0 spiro atoms. The molecule has 5 rings (SSSR count). The number of carbonyl (C=O) groups is 1. The molecule has 0 aliphatic carbocycles. The molecule has 8 heteroatoms. The molecule has 2 aliphatic heterocycles. The predicted octanol–water partition coefficient (Wildman–Crippen LogP) is 1.29. The third-order valence-electron chi connectivity index (χ3n) is 5.88. The van der Waals surface area contributed by atoms with Crippen molar-refractivity contribution in [3.63, 3.8) is 0 Å².